The molecular weight excluding hydrogens is 218 g/mol. The number of benzene rings is 1. The summed E-state index contributed by atoms with van der Waals surface area (Å²) in [6.45, 7) is 5.45. The molecule has 2 unspecified atom stereocenters. The fraction of sp³-hybridized carbons (Fsp3) is 0.385. The predicted molar refractivity (Wildman–Crippen MR) is 64.5 cm³/mol. The van der Waals surface area contributed by atoms with Gasteiger partial charge in [-0.2, -0.15) is 0 Å². The van der Waals surface area contributed by atoms with Crippen molar-refractivity contribution < 1.29 is 14.7 Å². The molecule has 0 aromatic heterocycles. The normalized spacial score (nSPS) is 22.9. The van der Waals surface area contributed by atoms with Gasteiger partial charge in [0.05, 0.1) is 5.92 Å². The third-order valence-electron chi connectivity index (χ3n) is 3.22. The summed E-state index contributed by atoms with van der Waals surface area (Å²) in [6, 6.07) is 2.92. The number of anilines is 1. The Bertz CT molecular complexity index is 508. The van der Waals surface area contributed by atoms with Crippen LogP contribution in [0.3, 0.4) is 0 Å². The third-order valence-corrected chi connectivity index (χ3v) is 3.22. The zero-order valence-corrected chi connectivity index (χ0v) is 10.1. The Balaban J connectivity index is 2.56. The SMILES string of the molecule is Cc1cc(C)c2c(c1)NC(C(=O)O)C(C)C2=O. The van der Waals surface area contributed by atoms with Crippen molar-refractivity contribution in [1.82, 2.24) is 0 Å². The summed E-state index contributed by atoms with van der Waals surface area (Å²) in [4.78, 5) is 23.2. The van der Waals surface area contributed by atoms with Gasteiger partial charge in [-0.3, -0.25) is 4.79 Å². The molecule has 1 aromatic carbocycles. The molecule has 0 bridgehead atoms. The highest BCUT2D eigenvalue weighted by atomic mass is 16.4. The van der Waals surface area contributed by atoms with Crippen LogP contribution >= 0.6 is 0 Å². The third kappa shape index (κ3) is 1.79. The van der Waals surface area contributed by atoms with Crippen LogP contribution in [0.25, 0.3) is 0 Å². The first kappa shape index (κ1) is 11.6. The van der Waals surface area contributed by atoms with E-state index >= 15 is 0 Å². The summed E-state index contributed by atoms with van der Waals surface area (Å²) >= 11 is 0. The summed E-state index contributed by atoms with van der Waals surface area (Å²) in [6.07, 6.45) is 0. The van der Waals surface area contributed by atoms with Crippen molar-refractivity contribution in [2.24, 2.45) is 5.92 Å². The molecule has 2 N–H and O–H groups in total. The second-order valence-electron chi connectivity index (χ2n) is 4.62. The lowest BCUT2D eigenvalue weighted by molar-refractivity contribution is -0.138. The number of carboxylic acid groups (broad SMARTS) is 1. The van der Waals surface area contributed by atoms with Crippen LogP contribution in [0, 0.1) is 19.8 Å². The number of ketones is 1. The van der Waals surface area contributed by atoms with Gasteiger partial charge in [-0.1, -0.05) is 13.0 Å². The van der Waals surface area contributed by atoms with Gasteiger partial charge in [0.15, 0.2) is 5.78 Å². The molecule has 2 atom stereocenters. The predicted octanol–water partition coefficient (Wildman–Crippen LogP) is 2.00. The lowest BCUT2D eigenvalue weighted by Crippen LogP contribution is -2.43. The van der Waals surface area contributed by atoms with Gasteiger partial charge in [0.2, 0.25) is 0 Å². The Morgan fingerprint density at radius 1 is 1.35 bits per heavy atom. The van der Waals surface area contributed by atoms with Crippen molar-refractivity contribution in [3.05, 3.63) is 28.8 Å². The maximum Gasteiger partial charge on any atom is 0.326 e. The van der Waals surface area contributed by atoms with Crippen LogP contribution in [-0.2, 0) is 4.79 Å². The monoisotopic (exact) mass is 233 g/mol. The van der Waals surface area contributed by atoms with Gasteiger partial charge in [0, 0.05) is 11.3 Å². The molecule has 0 saturated heterocycles. The highest BCUT2D eigenvalue weighted by molar-refractivity contribution is 6.09. The number of carbonyl (C=O) groups is 2. The van der Waals surface area contributed by atoms with Crippen molar-refractivity contribution in [1.29, 1.82) is 0 Å². The molecule has 0 amide bonds. The molecule has 0 fully saturated rings. The van der Waals surface area contributed by atoms with E-state index in [9.17, 15) is 9.59 Å². The average Bonchev–Trinajstić information content (AvgIpc) is 2.21. The Labute approximate surface area is 99.6 Å². The average molecular weight is 233 g/mol. The smallest absolute Gasteiger partial charge is 0.326 e. The maximum atomic E-state index is 12.2. The summed E-state index contributed by atoms with van der Waals surface area (Å²) in [5.74, 6) is -1.62. The topological polar surface area (TPSA) is 66.4 Å². The van der Waals surface area contributed by atoms with Crippen LogP contribution in [-0.4, -0.2) is 22.9 Å². The fourth-order valence-electron chi connectivity index (χ4n) is 2.36. The molecule has 1 aromatic rings. The number of carboxylic acids is 1. The van der Waals surface area contributed by atoms with E-state index in [4.69, 9.17) is 5.11 Å². The lowest BCUT2D eigenvalue weighted by atomic mass is 9.84. The first-order chi connectivity index (χ1) is 7.91. The largest absolute Gasteiger partial charge is 0.480 e. The number of aryl methyl sites for hydroxylation is 2. The van der Waals surface area contributed by atoms with Crippen LogP contribution in [0.15, 0.2) is 12.1 Å². The number of carbonyl (C=O) groups excluding carboxylic acids is 1. The number of nitrogens with one attached hydrogen (secondary N) is 1. The fourth-order valence-corrected chi connectivity index (χ4v) is 2.36. The van der Waals surface area contributed by atoms with Crippen LogP contribution in [0.1, 0.15) is 28.4 Å². The molecule has 1 aliphatic heterocycles. The molecule has 4 nitrogen and oxygen atoms in total. The number of aliphatic carboxylic acids is 1. The van der Waals surface area contributed by atoms with Crippen molar-refractivity contribution in [3.8, 4) is 0 Å². The van der Waals surface area contributed by atoms with Gasteiger partial charge >= 0.3 is 5.97 Å². The summed E-state index contributed by atoms with van der Waals surface area (Å²) < 4.78 is 0. The molecule has 0 saturated carbocycles. The number of fused-ring (bicyclic) bond motifs is 1. The van der Waals surface area contributed by atoms with Crippen molar-refractivity contribution >= 4 is 17.4 Å². The molecule has 1 heterocycles. The van der Waals surface area contributed by atoms with Crippen LogP contribution in [0.2, 0.25) is 0 Å². The van der Waals surface area contributed by atoms with Gasteiger partial charge in [-0.05, 0) is 31.0 Å². The minimum atomic E-state index is -0.990. The van der Waals surface area contributed by atoms with E-state index in [1.807, 2.05) is 26.0 Å². The molecule has 0 spiro atoms. The van der Waals surface area contributed by atoms with E-state index in [-0.39, 0.29) is 5.78 Å². The van der Waals surface area contributed by atoms with Crippen LogP contribution in [0.5, 0.6) is 0 Å². The molecule has 2 rings (SSSR count). The molecule has 1 aliphatic rings. The second kappa shape index (κ2) is 3.87. The summed E-state index contributed by atoms with van der Waals surface area (Å²) in [7, 11) is 0. The van der Waals surface area contributed by atoms with Gasteiger partial charge in [0.1, 0.15) is 6.04 Å². The lowest BCUT2D eigenvalue weighted by Gasteiger charge is -2.29. The number of rotatable bonds is 1. The van der Waals surface area contributed by atoms with Crippen molar-refractivity contribution in [2.45, 2.75) is 26.8 Å². The van der Waals surface area contributed by atoms with Crippen LogP contribution < -0.4 is 5.32 Å². The number of Topliss-reactive ketones (excluding diaryl/α,β-unsaturated/α-hetero) is 1. The first-order valence-corrected chi connectivity index (χ1v) is 5.56. The molecule has 4 heteroatoms. The zero-order valence-electron chi connectivity index (χ0n) is 10.1. The van der Waals surface area contributed by atoms with E-state index in [1.165, 1.54) is 0 Å². The summed E-state index contributed by atoms with van der Waals surface area (Å²) in [5.41, 5.74) is 3.17. The first-order valence-electron chi connectivity index (χ1n) is 5.56. The Kier molecular flexibility index (Phi) is 2.65. The molecule has 0 radical (unpaired) electrons. The Morgan fingerprint density at radius 2 is 2.00 bits per heavy atom. The second-order valence-corrected chi connectivity index (χ2v) is 4.62. The Hall–Kier alpha value is -1.84. The molecular formula is C13H15NO3. The van der Waals surface area contributed by atoms with E-state index in [2.05, 4.69) is 5.32 Å². The van der Waals surface area contributed by atoms with Crippen LogP contribution in [0.4, 0.5) is 5.69 Å². The van der Waals surface area contributed by atoms with Crippen molar-refractivity contribution in [2.75, 3.05) is 5.32 Å². The van der Waals surface area contributed by atoms with Crippen molar-refractivity contribution in [3.63, 3.8) is 0 Å². The highest BCUT2D eigenvalue weighted by Crippen LogP contribution is 2.31. The van der Waals surface area contributed by atoms with E-state index in [1.54, 1.807) is 6.92 Å². The van der Waals surface area contributed by atoms with Gasteiger partial charge < -0.3 is 10.4 Å². The molecule has 17 heavy (non-hydrogen) atoms. The van der Waals surface area contributed by atoms with Gasteiger partial charge in [0.25, 0.3) is 0 Å². The quantitative estimate of drug-likeness (QED) is 0.778. The molecule has 0 aliphatic carbocycles. The minimum Gasteiger partial charge on any atom is -0.480 e. The van der Waals surface area contributed by atoms with E-state index in [0.717, 1.165) is 11.1 Å². The highest BCUT2D eigenvalue weighted by Gasteiger charge is 2.37. The number of hydrogen-bond donors (Lipinski definition) is 2. The maximum absolute atomic E-state index is 12.2. The Morgan fingerprint density at radius 3 is 2.59 bits per heavy atom. The zero-order chi connectivity index (χ0) is 12.7. The van der Waals surface area contributed by atoms with Gasteiger partial charge in [-0.25, -0.2) is 4.79 Å². The molecule has 90 valence electrons. The van der Waals surface area contributed by atoms with Gasteiger partial charge in [-0.15, -0.1) is 0 Å². The van der Waals surface area contributed by atoms with E-state index < -0.39 is 17.9 Å². The minimum absolute atomic E-state index is 0.0938. The number of hydrogen-bond acceptors (Lipinski definition) is 3. The standard InChI is InChI=1S/C13H15NO3/c1-6-4-7(2)10-9(5-6)14-11(13(16)17)8(3)12(10)15/h4-5,8,11,14H,1-3H3,(H,16,17). The van der Waals surface area contributed by atoms with E-state index in [0.29, 0.717) is 11.3 Å². The summed E-state index contributed by atoms with van der Waals surface area (Å²) in [5, 5.41) is 12.0.